The Morgan fingerprint density at radius 3 is 1.47 bits per heavy atom. The molecule has 0 atom stereocenters. The Hall–Kier alpha value is -1.80. The maximum Gasteiger partial charge on any atom is -0.172 e. The van der Waals surface area contributed by atoms with Gasteiger partial charge in [-0.25, -0.2) is 12.1 Å². The van der Waals surface area contributed by atoms with Crippen LogP contribution in [0.2, 0.25) is 0 Å². The first-order valence-electron chi connectivity index (χ1n) is 17.6. The van der Waals surface area contributed by atoms with Gasteiger partial charge < -0.3 is 0 Å². The summed E-state index contributed by atoms with van der Waals surface area (Å²) in [5.41, 5.74) is 7.43. The van der Waals surface area contributed by atoms with Crippen LogP contribution in [0.3, 0.4) is 0 Å². The zero-order valence-electron chi connectivity index (χ0n) is 30.5. The standard InChI is InChI=1S/C21H25.C18H26.C5H5.2ClH.Hf/c1-20(2,3)16-7-9-18-14(12-16)11-15-13-17(21(4,5)6)8-10-19(15)18;1-13(2)17-10-16(9-15-7-5-6-8-15)11-18(12-17)14(3)4;1-2-4-5-3-1;;;/h7-13H,1-6H3;10-15H,5-8H2,1-4H3;1-5H;2*1H;/q-1;;-1;;;+2/p-2. The van der Waals surface area contributed by atoms with E-state index < -0.39 is 18.6 Å². The molecule has 0 amide bonds. The molecule has 0 N–H and O–H groups in total. The van der Waals surface area contributed by atoms with Gasteiger partial charge >= 0.3 is 145 Å². The molecular weight excluding hydrogens is 778 g/mol. The molecule has 0 nitrogen and oxygen atoms in total. The monoisotopic (exact) mass is 834 g/mol. The molecule has 1 fully saturated rings. The summed E-state index contributed by atoms with van der Waals surface area (Å²) in [5, 5.41) is 5.48. The quantitative estimate of drug-likeness (QED) is 0.125. The van der Waals surface area contributed by atoms with Gasteiger partial charge in [0.1, 0.15) is 0 Å². The SMILES string of the molecule is CC(C)(C)c1ccc2c(c1)[cH-]c1cc(C(C)(C)C)ccc12.CC(C)c1cc([C](C2CCCC2)=[Hf]([Cl])[Cl])cc(C(C)C)c1.c1cc[cH-]c1. The third-order valence-electron chi connectivity index (χ3n) is 9.58. The average Bonchev–Trinajstić information content (AvgIpc) is 3.79. The summed E-state index contributed by atoms with van der Waals surface area (Å²) in [5.74, 6) is 1.75. The molecular formula is C44H56Cl2Hf-2. The third-order valence-corrected chi connectivity index (χ3v) is 16.9. The zero-order chi connectivity index (χ0) is 34.5. The number of hydrogen-bond acceptors (Lipinski definition) is 0. The Morgan fingerprint density at radius 2 is 1.13 bits per heavy atom. The van der Waals surface area contributed by atoms with Crippen LogP contribution < -0.4 is 0 Å². The smallest absolute Gasteiger partial charge is 0.172 e. The Bertz CT molecular complexity index is 1650. The first-order valence-corrected chi connectivity index (χ1v) is 28.3. The Kier molecular flexibility index (Phi) is 13.2. The van der Waals surface area contributed by atoms with Crippen LogP contribution in [-0.4, -0.2) is 3.26 Å². The van der Waals surface area contributed by atoms with Gasteiger partial charge in [0.05, 0.1) is 0 Å². The second-order valence-corrected chi connectivity index (χ2v) is 27.6. The summed E-state index contributed by atoms with van der Waals surface area (Å²) in [6.07, 6.45) is 5.24. The summed E-state index contributed by atoms with van der Waals surface area (Å²) in [6, 6.07) is 33.3. The van der Waals surface area contributed by atoms with Gasteiger partial charge in [-0.05, 0) is 10.8 Å². The van der Waals surface area contributed by atoms with Crippen molar-refractivity contribution in [2.45, 2.75) is 118 Å². The first kappa shape index (κ1) is 38.0. The van der Waals surface area contributed by atoms with Gasteiger partial charge in [-0.3, -0.25) is 0 Å². The van der Waals surface area contributed by atoms with Crippen LogP contribution in [0.1, 0.15) is 135 Å². The molecule has 0 spiro atoms. The van der Waals surface area contributed by atoms with Crippen molar-refractivity contribution in [2.75, 3.05) is 0 Å². The van der Waals surface area contributed by atoms with E-state index in [9.17, 15) is 0 Å². The summed E-state index contributed by atoms with van der Waals surface area (Å²) < 4.78 is 1.46. The van der Waals surface area contributed by atoms with Crippen LogP contribution in [0.5, 0.6) is 0 Å². The van der Waals surface area contributed by atoms with Crippen molar-refractivity contribution in [2.24, 2.45) is 5.92 Å². The predicted molar refractivity (Wildman–Crippen MR) is 209 cm³/mol. The number of hydrogen-bond donors (Lipinski definition) is 0. The van der Waals surface area contributed by atoms with Gasteiger partial charge in [0.25, 0.3) is 0 Å². The molecule has 0 saturated heterocycles. The van der Waals surface area contributed by atoms with Crippen LogP contribution in [0.15, 0.2) is 91.0 Å². The molecule has 3 heteroatoms. The molecule has 6 rings (SSSR count). The van der Waals surface area contributed by atoms with Crippen molar-refractivity contribution < 1.29 is 18.6 Å². The van der Waals surface area contributed by atoms with Gasteiger partial charge in [-0.1, -0.05) is 76.9 Å². The molecule has 252 valence electrons. The Balaban J connectivity index is 0.000000185. The Morgan fingerprint density at radius 1 is 0.681 bits per heavy atom. The van der Waals surface area contributed by atoms with Crippen LogP contribution in [0.4, 0.5) is 0 Å². The van der Waals surface area contributed by atoms with E-state index in [1.54, 1.807) is 0 Å². The molecule has 0 aromatic heterocycles. The van der Waals surface area contributed by atoms with E-state index in [-0.39, 0.29) is 10.8 Å². The largest absolute Gasteiger partial charge is 0.214 e. The van der Waals surface area contributed by atoms with E-state index >= 15 is 0 Å². The number of halogens is 2. The van der Waals surface area contributed by atoms with Crippen molar-refractivity contribution in [1.29, 1.82) is 0 Å². The van der Waals surface area contributed by atoms with E-state index in [0.717, 1.165) is 0 Å². The second-order valence-electron chi connectivity index (χ2n) is 16.1. The van der Waals surface area contributed by atoms with Crippen molar-refractivity contribution in [1.82, 2.24) is 0 Å². The molecule has 1 aliphatic carbocycles. The van der Waals surface area contributed by atoms with Crippen molar-refractivity contribution in [3.8, 4) is 0 Å². The minimum Gasteiger partial charge on any atom is -0.214 e. The number of benzene rings is 3. The van der Waals surface area contributed by atoms with Crippen LogP contribution in [0.25, 0.3) is 21.5 Å². The number of fused-ring (bicyclic) bond motifs is 3. The van der Waals surface area contributed by atoms with Gasteiger partial charge in [0.15, 0.2) is 0 Å². The van der Waals surface area contributed by atoms with Crippen LogP contribution in [-0.2, 0) is 29.4 Å². The zero-order valence-corrected chi connectivity index (χ0v) is 35.6. The van der Waals surface area contributed by atoms with Crippen molar-refractivity contribution >= 4 is 42.0 Å². The van der Waals surface area contributed by atoms with Gasteiger partial charge in [-0.15, -0.1) is 39.7 Å². The van der Waals surface area contributed by atoms with E-state index in [4.69, 9.17) is 17.2 Å². The Labute approximate surface area is 300 Å². The van der Waals surface area contributed by atoms with Crippen molar-refractivity contribution in [3.05, 3.63) is 119 Å². The van der Waals surface area contributed by atoms with Gasteiger partial charge in [0.2, 0.25) is 0 Å². The maximum absolute atomic E-state index is 6.56. The summed E-state index contributed by atoms with van der Waals surface area (Å²) >= 11 is -2.56. The predicted octanol–water partition coefficient (Wildman–Crippen LogP) is 14.3. The summed E-state index contributed by atoms with van der Waals surface area (Å²) in [4.78, 5) is 0. The molecule has 0 aliphatic heterocycles. The molecule has 47 heavy (non-hydrogen) atoms. The molecule has 5 aromatic carbocycles. The van der Waals surface area contributed by atoms with E-state index in [1.165, 1.54) is 78.3 Å². The normalized spacial score (nSPS) is 13.9. The van der Waals surface area contributed by atoms with E-state index in [0.29, 0.717) is 17.8 Å². The summed E-state index contributed by atoms with van der Waals surface area (Å²) in [7, 11) is 13.1. The maximum atomic E-state index is 6.56. The molecule has 0 unspecified atom stereocenters. The van der Waals surface area contributed by atoms with Gasteiger partial charge in [0, 0.05) is 0 Å². The van der Waals surface area contributed by atoms with Crippen LogP contribution >= 0.6 is 17.2 Å². The topological polar surface area (TPSA) is 0 Å². The fourth-order valence-electron chi connectivity index (χ4n) is 6.49. The van der Waals surface area contributed by atoms with E-state index in [1.807, 2.05) is 30.3 Å². The molecule has 5 aromatic rings. The van der Waals surface area contributed by atoms with Gasteiger partial charge in [-0.2, -0.15) is 18.2 Å². The third kappa shape index (κ3) is 10.1. The fraction of sp³-hybridized carbons (Fsp3) is 0.432. The number of rotatable bonds is 4. The summed E-state index contributed by atoms with van der Waals surface area (Å²) in [6.45, 7) is 22.7. The molecule has 1 saturated carbocycles. The average molecular weight is 834 g/mol. The fourth-order valence-corrected chi connectivity index (χ4v) is 14.2. The second kappa shape index (κ2) is 16.3. The first-order chi connectivity index (χ1) is 22.1. The minimum absolute atomic E-state index is 0.203. The molecule has 0 bridgehead atoms. The van der Waals surface area contributed by atoms with Crippen LogP contribution in [0, 0.1) is 5.92 Å². The van der Waals surface area contributed by atoms with E-state index in [2.05, 4.69) is 130 Å². The molecule has 1 aliphatic rings. The van der Waals surface area contributed by atoms with Crippen molar-refractivity contribution in [3.63, 3.8) is 0 Å². The minimum atomic E-state index is -2.56. The molecule has 0 radical (unpaired) electrons. The molecule has 0 heterocycles.